The van der Waals surface area contributed by atoms with Crippen LogP contribution in [-0.2, 0) is 4.79 Å². The fourth-order valence-electron chi connectivity index (χ4n) is 3.55. The van der Waals surface area contributed by atoms with E-state index in [1.807, 2.05) is 50.3 Å². The summed E-state index contributed by atoms with van der Waals surface area (Å²) in [6, 6.07) is 13.2. The first-order valence-electron chi connectivity index (χ1n) is 9.53. The van der Waals surface area contributed by atoms with E-state index in [-0.39, 0.29) is 5.78 Å². The zero-order valence-corrected chi connectivity index (χ0v) is 16.8. The van der Waals surface area contributed by atoms with Crippen LogP contribution in [0.5, 0.6) is 0 Å². The summed E-state index contributed by atoms with van der Waals surface area (Å²) in [4.78, 5) is 25.6. The lowest BCUT2D eigenvalue weighted by molar-refractivity contribution is -0.151. The molecule has 0 aliphatic rings. The SMILES string of the molecule is C=CC(C)CCCC(C)(C)C(C)(C(=O)O)C(=O)c1ccc2ccccc2c1. The molecule has 144 valence electrons. The van der Waals surface area contributed by atoms with E-state index in [2.05, 4.69) is 13.5 Å². The van der Waals surface area contributed by atoms with E-state index in [4.69, 9.17) is 0 Å². The minimum atomic E-state index is -1.49. The van der Waals surface area contributed by atoms with E-state index in [1.54, 1.807) is 19.1 Å². The molecule has 0 saturated carbocycles. The summed E-state index contributed by atoms with van der Waals surface area (Å²) in [6.45, 7) is 11.2. The highest BCUT2D eigenvalue weighted by Crippen LogP contribution is 2.45. The number of aliphatic carboxylic acids is 1. The first kappa shape index (κ1) is 20.9. The molecule has 3 heteroatoms. The van der Waals surface area contributed by atoms with Crippen molar-refractivity contribution in [1.29, 1.82) is 0 Å². The van der Waals surface area contributed by atoms with E-state index >= 15 is 0 Å². The molecule has 2 aromatic carbocycles. The number of benzene rings is 2. The Morgan fingerprint density at radius 3 is 2.33 bits per heavy atom. The molecule has 0 radical (unpaired) electrons. The molecule has 2 atom stereocenters. The molecule has 27 heavy (non-hydrogen) atoms. The molecule has 0 heterocycles. The lowest BCUT2D eigenvalue weighted by Gasteiger charge is -2.40. The largest absolute Gasteiger partial charge is 0.480 e. The van der Waals surface area contributed by atoms with E-state index in [9.17, 15) is 14.7 Å². The molecule has 0 saturated heterocycles. The number of carboxylic acids is 1. The third-order valence-corrected chi connectivity index (χ3v) is 6.11. The van der Waals surface area contributed by atoms with Gasteiger partial charge in [-0.1, -0.05) is 69.7 Å². The molecule has 1 N–H and O–H groups in total. The first-order chi connectivity index (χ1) is 12.6. The summed E-state index contributed by atoms with van der Waals surface area (Å²) in [5.74, 6) is -1.02. The Hall–Kier alpha value is -2.42. The number of hydrogen-bond donors (Lipinski definition) is 1. The highest BCUT2D eigenvalue weighted by atomic mass is 16.4. The second-order valence-corrected chi connectivity index (χ2v) is 8.31. The van der Waals surface area contributed by atoms with Crippen LogP contribution in [0.1, 0.15) is 57.3 Å². The van der Waals surface area contributed by atoms with Gasteiger partial charge in [-0.05, 0) is 47.9 Å². The topological polar surface area (TPSA) is 54.4 Å². The van der Waals surface area contributed by atoms with Crippen molar-refractivity contribution >= 4 is 22.5 Å². The fourth-order valence-corrected chi connectivity index (χ4v) is 3.55. The third-order valence-electron chi connectivity index (χ3n) is 6.11. The predicted octanol–water partition coefficient (Wildman–Crippen LogP) is 6.13. The van der Waals surface area contributed by atoms with Crippen molar-refractivity contribution in [1.82, 2.24) is 0 Å². The standard InChI is InChI=1S/C24H30O3/c1-6-17(2)10-9-15-23(3,4)24(5,22(26)27)21(25)20-14-13-18-11-7-8-12-19(18)16-20/h6-8,11-14,16-17H,1,9-10,15H2,2-5H3,(H,26,27). The lowest BCUT2D eigenvalue weighted by Crippen LogP contribution is -2.48. The van der Waals surface area contributed by atoms with Gasteiger partial charge in [-0.25, -0.2) is 0 Å². The van der Waals surface area contributed by atoms with Crippen LogP contribution in [0.15, 0.2) is 55.1 Å². The monoisotopic (exact) mass is 366 g/mol. The highest BCUT2D eigenvalue weighted by Gasteiger charge is 2.53. The molecule has 0 bridgehead atoms. The number of Topliss-reactive ketones (excluding diaryl/α,β-unsaturated/α-hetero) is 1. The predicted molar refractivity (Wildman–Crippen MR) is 111 cm³/mol. The third kappa shape index (κ3) is 4.13. The van der Waals surface area contributed by atoms with Crippen molar-refractivity contribution < 1.29 is 14.7 Å². The number of carbonyl (C=O) groups excluding carboxylic acids is 1. The van der Waals surface area contributed by atoms with Gasteiger partial charge >= 0.3 is 5.97 Å². The van der Waals surface area contributed by atoms with Gasteiger partial charge in [0.15, 0.2) is 5.78 Å². The van der Waals surface area contributed by atoms with Crippen molar-refractivity contribution in [3.8, 4) is 0 Å². The molecule has 0 spiro atoms. The fraction of sp³-hybridized carbons (Fsp3) is 0.417. The Morgan fingerprint density at radius 2 is 1.74 bits per heavy atom. The van der Waals surface area contributed by atoms with Crippen LogP contribution in [-0.4, -0.2) is 16.9 Å². The van der Waals surface area contributed by atoms with Crippen LogP contribution in [0.2, 0.25) is 0 Å². The van der Waals surface area contributed by atoms with Gasteiger partial charge < -0.3 is 5.11 Å². The molecular formula is C24H30O3. The van der Waals surface area contributed by atoms with Crippen molar-refractivity contribution in [2.75, 3.05) is 0 Å². The zero-order chi connectivity index (χ0) is 20.2. The Bertz CT molecular complexity index is 850. The maximum Gasteiger partial charge on any atom is 0.317 e. The Morgan fingerprint density at radius 1 is 1.11 bits per heavy atom. The molecule has 0 aliphatic carbocycles. The second kappa shape index (κ2) is 8.08. The summed E-state index contributed by atoms with van der Waals surface area (Å²) < 4.78 is 0. The number of carboxylic acid groups (broad SMARTS) is 1. The number of carbonyl (C=O) groups is 2. The normalized spacial score (nSPS) is 15.1. The van der Waals surface area contributed by atoms with Crippen LogP contribution in [0.25, 0.3) is 10.8 Å². The van der Waals surface area contributed by atoms with Gasteiger partial charge in [-0.2, -0.15) is 0 Å². The zero-order valence-electron chi connectivity index (χ0n) is 16.8. The van der Waals surface area contributed by atoms with Crippen molar-refractivity contribution in [2.24, 2.45) is 16.7 Å². The minimum Gasteiger partial charge on any atom is -0.480 e. The maximum absolute atomic E-state index is 13.4. The van der Waals surface area contributed by atoms with Crippen molar-refractivity contribution in [3.05, 3.63) is 60.7 Å². The maximum atomic E-state index is 13.4. The van der Waals surface area contributed by atoms with Gasteiger partial charge in [0.1, 0.15) is 5.41 Å². The van der Waals surface area contributed by atoms with Gasteiger partial charge in [0.05, 0.1) is 0 Å². The molecule has 2 unspecified atom stereocenters. The quantitative estimate of drug-likeness (QED) is 0.330. The Balaban J connectivity index is 2.35. The Kier molecular flexibility index (Phi) is 6.25. The lowest BCUT2D eigenvalue weighted by atomic mass is 9.61. The molecular weight excluding hydrogens is 336 g/mol. The summed E-state index contributed by atoms with van der Waals surface area (Å²) in [7, 11) is 0. The van der Waals surface area contributed by atoms with E-state index in [0.29, 0.717) is 17.9 Å². The average Bonchev–Trinajstić information content (AvgIpc) is 2.65. The van der Waals surface area contributed by atoms with Crippen molar-refractivity contribution in [2.45, 2.75) is 47.0 Å². The van der Waals surface area contributed by atoms with Gasteiger partial charge in [0.2, 0.25) is 0 Å². The van der Waals surface area contributed by atoms with E-state index in [0.717, 1.165) is 23.6 Å². The molecule has 0 aromatic heterocycles. The molecule has 2 aromatic rings. The number of fused-ring (bicyclic) bond motifs is 1. The smallest absolute Gasteiger partial charge is 0.317 e. The van der Waals surface area contributed by atoms with Crippen LogP contribution in [0.4, 0.5) is 0 Å². The van der Waals surface area contributed by atoms with Gasteiger partial charge in [-0.15, -0.1) is 6.58 Å². The van der Waals surface area contributed by atoms with Crippen LogP contribution in [0, 0.1) is 16.7 Å². The molecule has 0 fully saturated rings. The molecule has 2 rings (SSSR count). The summed E-state index contributed by atoms with van der Waals surface area (Å²) >= 11 is 0. The van der Waals surface area contributed by atoms with Crippen LogP contribution >= 0.6 is 0 Å². The van der Waals surface area contributed by atoms with Crippen molar-refractivity contribution in [3.63, 3.8) is 0 Å². The van der Waals surface area contributed by atoms with Crippen LogP contribution < -0.4 is 0 Å². The van der Waals surface area contributed by atoms with Gasteiger partial charge in [0, 0.05) is 5.56 Å². The Labute approximate surface area is 162 Å². The molecule has 0 aliphatic heterocycles. The van der Waals surface area contributed by atoms with Crippen LogP contribution in [0.3, 0.4) is 0 Å². The molecule has 3 nitrogen and oxygen atoms in total. The first-order valence-corrected chi connectivity index (χ1v) is 9.53. The number of rotatable bonds is 9. The highest BCUT2D eigenvalue weighted by molar-refractivity contribution is 6.13. The number of ketones is 1. The van der Waals surface area contributed by atoms with E-state index < -0.39 is 16.8 Å². The summed E-state index contributed by atoms with van der Waals surface area (Å²) in [6.07, 6.45) is 4.36. The minimum absolute atomic E-state index is 0.331. The second-order valence-electron chi connectivity index (χ2n) is 8.31. The summed E-state index contributed by atoms with van der Waals surface area (Å²) in [5.41, 5.74) is -1.72. The van der Waals surface area contributed by atoms with E-state index in [1.165, 1.54) is 0 Å². The van der Waals surface area contributed by atoms with Gasteiger partial charge in [0.25, 0.3) is 0 Å². The number of hydrogen-bond acceptors (Lipinski definition) is 2. The molecule has 0 amide bonds. The van der Waals surface area contributed by atoms with Gasteiger partial charge in [-0.3, -0.25) is 9.59 Å². The summed E-state index contributed by atoms with van der Waals surface area (Å²) in [5, 5.41) is 12.0. The average molecular weight is 367 g/mol. The number of allylic oxidation sites excluding steroid dienone is 1.